The van der Waals surface area contributed by atoms with Crippen molar-refractivity contribution >= 4 is 0 Å². The minimum Gasteiger partial charge on any atom is -0.428 e. The second kappa shape index (κ2) is 4.23. The molecule has 1 radical (unpaired) electrons. The molecule has 0 aliphatic carbocycles. The zero-order chi connectivity index (χ0) is 12.4. The van der Waals surface area contributed by atoms with E-state index in [-0.39, 0.29) is 0 Å². The van der Waals surface area contributed by atoms with Crippen LogP contribution in [0.4, 0.5) is 26.3 Å². The molecule has 89 valence electrons. The number of hydrogen-bond acceptors (Lipinski definition) is 1. The molecule has 0 atom stereocenters. The fourth-order valence-electron chi connectivity index (χ4n) is 0.783. The SMILES string of the molecule is FC(F)C(F)(F)C(F)(F)Oc1c[c]ccc1. The van der Waals surface area contributed by atoms with Crippen LogP contribution in [0.2, 0.25) is 0 Å². The van der Waals surface area contributed by atoms with Crippen LogP contribution >= 0.6 is 0 Å². The highest BCUT2D eigenvalue weighted by molar-refractivity contribution is 5.20. The fourth-order valence-corrected chi connectivity index (χ4v) is 0.783. The van der Waals surface area contributed by atoms with E-state index in [9.17, 15) is 26.3 Å². The molecule has 0 aliphatic rings. The van der Waals surface area contributed by atoms with Crippen LogP contribution < -0.4 is 4.74 Å². The summed E-state index contributed by atoms with van der Waals surface area (Å²) in [5.74, 6) is -6.23. The van der Waals surface area contributed by atoms with Crippen LogP contribution in [0, 0.1) is 6.07 Å². The van der Waals surface area contributed by atoms with Gasteiger partial charge in [-0.3, -0.25) is 0 Å². The molecule has 0 unspecified atom stereocenters. The summed E-state index contributed by atoms with van der Waals surface area (Å²) < 4.78 is 77.0. The summed E-state index contributed by atoms with van der Waals surface area (Å²) in [6.45, 7) is 0. The third-order valence-electron chi connectivity index (χ3n) is 1.59. The van der Waals surface area contributed by atoms with Gasteiger partial charge in [-0.1, -0.05) is 12.1 Å². The molecule has 1 nitrogen and oxygen atoms in total. The first-order valence-corrected chi connectivity index (χ1v) is 3.96. The summed E-state index contributed by atoms with van der Waals surface area (Å²) in [6, 6.07) is 6.51. The first kappa shape index (κ1) is 12.7. The van der Waals surface area contributed by atoms with E-state index in [4.69, 9.17) is 0 Å². The highest BCUT2D eigenvalue weighted by Crippen LogP contribution is 2.40. The number of alkyl halides is 6. The molecule has 0 saturated heterocycles. The zero-order valence-electron chi connectivity index (χ0n) is 7.56. The van der Waals surface area contributed by atoms with Gasteiger partial charge in [-0.05, 0) is 18.2 Å². The normalized spacial score (nSPS) is 12.9. The van der Waals surface area contributed by atoms with Crippen LogP contribution in [0.1, 0.15) is 0 Å². The van der Waals surface area contributed by atoms with Crippen LogP contribution in [0.5, 0.6) is 5.75 Å². The lowest BCUT2D eigenvalue weighted by Gasteiger charge is -2.25. The molecular weight excluding hydrogens is 238 g/mol. The van der Waals surface area contributed by atoms with Crippen molar-refractivity contribution in [1.82, 2.24) is 0 Å². The van der Waals surface area contributed by atoms with E-state index in [2.05, 4.69) is 10.8 Å². The smallest absolute Gasteiger partial charge is 0.428 e. The van der Waals surface area contributed by atoms with Gasteiger partial charge in [0.1, 0.15) is 5.75 Å². The Bertz CT molecular complexity index is 337. The molecule has 16 heavy (non-hydrogen) atoms. The van der Waals surface area contributed by atoms with Crippen LogP contribution in [-0.2, 0) is 0 Å². The second-order valence-corrected chi connectivity index (χ2v) is 2.78. The van der Waals surface area contributed by atoms with Gasteiger partial charge in [0.25, 0.3) is 0 Å². The lowest BCUT2D eigenvalue weighted by Crippen LogP contribution is -2.50. The number of benzene rings is 1. The first-order chi connectivity index (χ1) is 7.27. The lowest BCUT2D eigenvalue weighted by atomic mass is 10.3. The molecule has 0 fully saturated rings. The number of rotatable bonds is 4. The van der Waals surface area contributed by atoms with E-state index in [0.29, 0.717) is 0 Å². The van der Waals surface area contributed by atoms with E-state index in [1.807, 2.05) is 0 Å². The number of ether oxygens (including phenoxy) is 1. The Hall–Kier alpha value is -1.40. The summed E-state index contributed by atoms with van der Waals surface area (Å²) in [6.07, 6.45) is -9.80. The Labute approximate surface area is 86.6 Å². The monoisotopic (exact) mass is 243 g/mol. The average Bonchev–Trinajstić information content (AvgIpc) is 2.18. The molecular formula is C9H5F6O. The Balaban J connectivity index is 2.87. The Morgan fingerprint density at radius 2 is 1.81 bits per heavy atom. The molecule has 0 aliphatic heterocycles. The summed E-state index contributed by atoms with van der Waals surface area (Å²) in [7, 11) is 0. The third-order valence-corrected chi connectivity index (χ3v) is 1.59. The molecule has 0 amide bonds. The van der Waals surface area contributed by atoms with Crippen molar-refractivity contribution in [1.29, 1.82) is 0 Å². The largest absolute Gasteiger partial charge is 0.470 e. The van der Waals surface area contributed by atoms with Crippen molar-refractivity contribution in [3.05, 3.63) is 30.3 Å². The van der Waals surface area contributed by atoms with Gasteiger partial charge in [-0.25, -0.2) is 8.78 Å². The number of hydrogen-bond donors (Lipinski definition) is 0. The topological polar surface area (TPSA) is 9.23 Å². The van der Waals surface area contributed by atoms with Gasteiger partial charge in [-0.2, -0.15) is 17.6 Å². The van der Waals surface area contributed by atoms with Gasteiger partial charge in [0, 0.05) is 0 Å². The molecule has 0 saturated carbocycles. The standard InChI is InChI=1S/C9H5F6O/c10-7(11)8(12,13)9(14,15)16-6-4-2-1-3-5-6/h1-2,4-5,7H. The molecule has 1 rings (SSSR count). The molecule has 0 heterocycles. The van der Waals surface area contributed by atoms with Crippen molar-refractivity contribution in [2.75, 3.05) is 0 Å². The second-order valence-electron chi connectivity index (χ2n) is 2.78. The highest BCUT2D eigenvalue weighted by atomic mass is 19.3. The summed E-state index contributed by atoms with van der Waals surface area (Å²) in [5, 5.41) is 0. The zero-order valence-corrected chi connectivity index (χ0v) is 7.56. The fraction of sp³-hybridized carbons (Fsp3) is 0.333. The van der Waals surface area contributed by atoms with Crippen LogP contribution in [0.25, 0.3) is 0 Å². The molecule has 1 aromatic carbocycles. The van der Waals surface area contributed by atoms with E-state index in [1.165, 1.54) is 12.1 Å². The summed E-state index contributed by atoms with van der Waals surface area (Å²) >= 11 is 0. The maximum Gasteiger partial charge on any atom is 0.470 e. The Morgan fingerprint density at radius 1 is 1.19 bits per heavy atom. The predicted molar refractivity (Wildman–Crippen MR) is 41.8 cm³/mol. The van der Waals surface area contributed by atoms with Gasteiger partial charge in [0.15, 0.2) is 0 Å². The van der Waals surface area contributed by atoms with E-state index in [1.54, 1.807) is 0 Å². The van der Waals surface area contributed by atoms with Crippen molar-refractivity contribution in [2.24, 2.45) is 0 Å². The number of halogens is 6. The van der Waals surface area contributed by atoms with Crippen LogP contribution in [-0.4, -0.2) is 18.5 Å². The van der Waals surface area contributed by atoms with E-state index < -0.39 is 24.2 Å². The highest BCUT2D eigenvalue weighted by Gasteiger charge is 2.66. The maximum atomic E-state index is 12.7. The Kier molecular flexibility index (Phi) is 3.35. The van der Waals surface area contributed by atoms with E-state index in [0.717, 1.165) is 12.1 Å². The van der Waals surface area contributed by atoms with Crippen molar-refractivity contribution in [3.63, 3.8) is 0 Å². The predicted octanol–water partition coefficient (Wildman–Crippen LogP) is 3.36. The van der Waals surface area contributed by atoms with Crippen molar-refractivity contribution in [3.8, 4) is 5.75 Å². The summed E-state index contributed by atoms with van der Waals surface area (Å²) in [4.78, 5) is 0. The van der Waals surface area contributed by atoms with Crippen molar-refractivity contribution < 1.29 is 31.1 Å². The van der Waals surface area contributed by atoms with Gasteiger partial charge in [0.2, 0.25) is 0 Å². The first-order valence-electron chi connectivity index (χ1n) is 3.96. The minimum absolute atomic E-state index is 0.673. The van der Waals surface area contributed by atoms with Gasteiger partial charge >= 0.3 is 18.5 Å². The molecule has 0 spiro atoms. The summed E-state index contributed by atoms with van der Waals surface area (Å²) in [5.41, 5.74) is 0. The molecule has 0 aromatic heterocycles. The quantitative estimate of drug-likeness (QED) is 0.737. The van der Waals surface area contributed by atoms with Gasteiger partial charge in [0.05, 0.1) is 0 Å². The van der Waals surface area contributed by atoms with Crippen LogP contribution in [0.3, 0.4) is 0 Å². The Morgan fingerprint density at radius 3 is 2.25 bits per heavy atom. The third kappa shape index (κ3) is 2.40. The molecule has 1 aromatic rings. The van der Waals surface area contributed by atoms with E-state index >= 15 is 0 Å². The van der Waals surface area contributed by atoms with Crippen molar-refractivity contribution in [2.45, 2.75) is 18.5 Å². The van der Waals surface area contributed by atoms with Gasteiger partial charge < -0.3 is 4.74 Å². The molecule has 0 bridgehead atoms. The minimum atomic E-state index is -5.55. The lowest BCUT2D eigenvalue weighted by molar-refractivity contribution is -0.342. The average molecular weight is 243 g/mol. The molecule has 7 heteroatoms. The van der Waals surface area contributed by atoms with Crippen LogP contribution in [0.15, 0.2) is 24.3 Å². The maximum absolute atomic E-state index is 12.7. The molecule has 0 N–H and O–H groups in total. The van der Waals surface area contributed by atoms with Gasteiger partial charge in [-0.15, -0.1) is 0 Å².